The van der Waals surface area contributed by atoms with Gasteiger partial charge in [-0.25, -0.2) is 9.18 Å². The van der Waals surface area contributed by atoms with Gasteiger partial charge in [0.25, 0.3) is 5.91 Å². The Balaban J connectivity index is 1.77. The van der Waals surface area contributed by atoms with Gasteiger partial charge in [-0.05, 0) is 41.3 Å². The Morgan fingerprint density at radius 1 is 1.00 bits per heavy atom. The topological polar surface area (TPSA) is 49.4 Å². The molecule has 0 unspecified atom stereocenters. The van der Waals surface area contributed by atoms with Gasteiger partial charge in [-0.15, -0.1) is 0 Å². The second kappa shape index (κ2) is 6.66. The molecule has 1 fully saturated rings. The Kier molecular flexibility index (Phi) is 4.42. The summed E-state index contributed by atoms with van der Waals surface area (Å²) < 4.78 is 12.9. The van der Waals surface area contributed by atoms with Crippen molar-refractivity contribution in [2.75, 3.05) is 0 Å². The monoisotopic (exact) mass is 324 g/mol. The average Bonchev–Trinajstić information content (AvgIpc) is 2.85. The van der Waals surface area contributed by atoms with Gasteiger partial charge in [-0.2, -0.15) is 0 Å². The summed E-state index contributed by atoms with van der Waals surface area (Å²) in [5.74, 6) is -0.740. The lowest BCUT2D eigenvalue weighted by Crippen LogP contribution is -2.30. The number of aryl methyl sites for hydroxylation is 1. The second-order valence-electron chi connectivity index (χ2n) is 5.60. The van der Waals surface area contributed by atoms with Crippen LogP contribution in [0.25, 0.3) is 6.08 Å². The Morgan fingerprint density at radius 2 is 1.62 bits per heavy atom. The molecule has 1 saturated heterocycles. The van der Waals surface area contributed by atoms with Crippen LogP contribution in [0.5, 0.6) is 0 Å². The molecule has 0 aromatic heterocycles. The largest absolute Gasteiger partial charge is 0.329 e. The van der Waals surface area contributed by atoms with Crippen molar-refractivity contribution in [3.63, 3.8) is 0 Å². The third-order valence-corrected chi connectivity index (χ3v) is 3.92. The van der Waals surface area contributed by atoms with Crippen LogP contribution >= 0.6 is 0 Å². The van der Waals surface area contributed by atoms with Crippen LogP contribution in [-0.2, 0) is 17.8 Å². The molecule has 4 nitrogen and oxygen atoms in total. The highest BCUT2D eigenvalue weighted by Gasteiger charge is 2.33. The summed E-state index contributed by atoms with van der Waals surface area (Å²) in [5, 5.41) is 2.59. The minimum atomic E-state index is -0.472. The maximum absolute atomic E-state index is 12.9. The molecule has 1 aliphatic heterocycles. The number of rotatable bonds is 4. The van der Waals surface area contributed by atoms with Crippen molar-refractivity contribution in [2.24, 2.45) is 0 Å². The van der Waals surface area contributed by atoms with E-state index in [1.54, 1.807) is 18.2 Å². The summed E-state index contributed by atoms with van der Waals surface area (Å²) in [6, 6.07) is 13.1. The van der Waals surface area contributed by atoms with E-state index in [0.29, 0.717) is 5.56 Å². The number of nitrogens with one attached hydrogen (secondary N) is 1. The predicted octanol–water partition coefficient (Wildman–Crippen LogP) is 3.48. The molecule has 3 rings (SSSR count). The quantitative estimate of drug-likeness (QED) is 0.691. The van der Waals surface area contributed by atoms with Crippen LogP contribution in [0.4, 0.5) is 9.18 Å². The van der Waals surface area contributed by atoms with E-state index in [2.05, 4.69) is 12.2 Å². The van der Waals surface area contributed by atoms with Crippen molar-refractivity contribution in [1.82, 2.24) is 10.2 Å². The first-order chi connectivity index (χ1) is 11.6. The first-order valence-electron chi connectivity index (χ1n) is 7.74. The number of hydrogen-bond acceptors (Lipinski definition) is 2. The lowest BCUT2D eigenvalue weighted by atomic mass is 10.1. The van der Waals surface area contributed by atoms with Gasteiger partial charge < -0.3 is 5.32 Å². The molecule has 1 heterocycles. The van der Waals surface area contributed by atoms with E-state index >= 15 is 0 Å². The third-order valence-electron chi connectivity index (χ3n) is 3.92. The van der Waals surface area contributed by atoms with Crippen molar-refractivity contribution in [3.05, 3.63) is 76.7 Å². The molecule has 0 saturated carbocycles. The summed E-state index contributed by atoms with van der Waals surface area (Å²) in [4.78, 5) is 25.6. The van der Waals surface area contributed by atoms with Gasteiger partial charge in [-0.3, -0.25) is 9.69 Å². The SMILES string of the molecule is CCc1ccc(/C=C2/NC(=O)N(Cc3ccc(F)cc3)C2=O)cc1. The van der Waals surface area contributed by atoms with Gasteiger partial charge in [-0.1, -0.05) is 43.3 Å². The summed E-state index contributed by atoms with van der Waals surface area (Å²) >= 11 is 0. The number of urea groups is 1. The van der Waals surface area contributed by atoms with E-state index in [-0.39, 0.29) is 24.0 Å². The fraction of sp³-hybridized carbons (Fsp3) is 0.158. The number of carbonyl (C=O) groups excluding carboxylic acids is 2. The van der Waals surface area contributed by atoms with Crippen LogP contribution in [0.2, 0.25) is 0 Å². The minimum Gasteiger partial charge on any atom is -0.303 e. The maximum atomic E-state index is 12.9. The summed E-state index contributed by atoms with van der Waals surface area (Å²) in [7, 11) is 0. The van der Waals surface area contributed by atoms with Crippen molar-refractivity contribution >= 4 is 18.0 Å². The molecule has 122 valence electrons. The molecule has 2 aromatic carbocycles. The number of halogens is 1. The molecule has 5 heteroatoms. The smallest absolute Gasteiger partial charge is 0.303 e. The Hall–Kier alpha value is -2.95. The number of carbonyl (C=O) groups is 2. The summed E-state index contributed by atoms with van der Waals surface area (Å²) in [6.07, 6.45) is 2.60. The molecule has 0 bridgehead atoms. The lowest BCUT2D eigenvalue weighted by Gasteiger charge is -2.11. The van der Waals surface area contributed by atoms with E-state index < -0.39 is 6.03 Å². The van der Waals surface area contributed by atoms with E-state index in [1.165, 1.54) is 17.7 Å². The van der Waals surface area contributed by atoms with Crippen molar-refractivity contribution < 1.29 is 14.0 Å². The molecule has 2 aromatic rings. The molecule has 0 spiro atoms. The molecule has 0 radical (unpaired) electrons. The lowest BCUT2D eigenvalue weighted by molar-refractivity contribution is -0.123. The fourth-order valence-corrected chi connectivity index (χ4v) is 2.50. The Labute approximate surface area is 139 Å². The van der Waals surface area contributed by atoms with Gasteiger partial charge in [0.2, 0.25) is 0 Å². The number of hydrogen-bond donors (Lipinski definition) is 1. The highest BCUT2D eigenvalue weighted by Crippen LogP contribution is 2.17. The van der Waals surface area contributed by atoms with Gasteiger partial charge in [0.15, 0.2) is 0 Å². The first-order valence-corrected chi connectivity index (χ1v) is 7.74. The van der Waals surface area contributed by atoms with E-state index in [9.17, 15) is 14.0 Å². The zero-order chi connectivity index (χ0) is 17.1. The minimum absolute atomic E-state index is 0.108. The highest BCUT2D eigenvalue weighted by molar-refractivity contribution is 6.13. The number of imide groups is 1. The van der Waals surface area contributed by atoms with Crippen LogP contribution in [0.3, 0.4) is 0 Å². The van der Waals surface area contributed by atoms with Crippen LogP contribution in [0.15, 0.2) is 54.2 Å². The summed E-state index contributed by atoms with van der Waals surface area (Å²) in [5.41, 5.74) is 2.98. The molecular formula is C19H17FN2O2. The normalized spacial score (nSPS) is 15.9. The third kappa shape index (κ3) is 3.35. The first kappa shape index (κ1) is 15.9. The highest BCUT2D eigenvalue weighted by atomic mass is 19.1. The number of amides is 3. The summed E-state index contributed by atoms with van der Waals surface area (Å²) in [6.45, 7) is 2.18. The zero-order valence-corrected chi connectivity index (χ0v) is 13.3. The van der Waals surface area contributed by atoms with Gasteiger partial charge in [0.05, 0.1) is 6.54 Å². The molecule has 0 atom stereocenters. The Bertz CT molecular complexity index is 795. The van der Waals surface area contributed by atoms with Crippen LogP contribution in [0, 0.1) is 5.82 Å². The molecular weight excluding hydrogens is 307 g/mol. The average molecular weight is 324 g/mol. The van der Waals surface area contributed by atoms with Gasteiger partial charge in [0, 0.05) is 0 Å². The number of nitrogens with zero attached hydrogens (tertiary/aromatic N) is 1. The fourth-order valence-electron chi connectivity index (χ4n) is 2.50. The van der Waals surface area contributed by atoms with Crippen LogP contribution < -0.4 is 5.32 Å². The van der Waals surface area contributed by atoms with Crippen LogP contribution in [0.1, 0.15) is 23.6 Å². The molecule has 0 aliphatic carbocycles. The van der Waals surface area contributed by atoms with Crippen molar-refractivity contribution in [2.45, 2.75) is 19.9 Å². The zero-order valence-electron chi connectivity index (χ0n) is 13.3. The van der Waals surface area contributed by atoms with Crippen molar-refractivity contribution in [3.8, 4) is 0 Å². The molecule has 1 N–H and O–H groups in total. The maximum Gasteiger partial charge on any atom is 0.329 e. The van der Waals surface area contributed by atoms with E-state index in [4.69, 9.17) is 0 Å². The predicted molar refractivity (Wildman–Crippen MR) is 89.3 cm³/mol. The molecule has 3 amide bonds. The molecule has 1 aliphatic rings. The van der Waals surface area contributed by atoms with Crippen molar-refractivity contribution in [1.29, 1.82) is 0 Å². The van der Waals surface area contributed by atoms with Gasteiger partial charge >= 0.3 is 6.03 Å². The van der Waals surface area contributed by atoms with Gasteiger partial charge in [0.1, 0.15) is 11.5 Å². The Morgan fingerprint density at radius 3 is 2.25 bits per heavy atom. The second-order valence-corrected chi connectivity index (χ2v) is 5.60. The standard InChI is InChI=1S/C19H17FN2O2/c1-2-13-3-5-14(6-4-13)11-17-18(23)22(19(24)21-17)12-15-7-9-16(20)10-8-15/h3-11H,2,12H2,1H3,(H,21,24)/b17-11+. The van der Waals surface area contributed by atoms with E-state index in [0.717, 1.165) is 16.9 Å². The number of benzene rings is 2. The van der Waals surface area contributed by atoms with Crippen LogP contribution in [-0.4, -0.2) is 16.8 Å². The van der Waals surface area contributed by atoms with E-state index in [1.807, 2.05) is 24.3 Å². The molecule has 24 heavy (non-hydrogen) atoms.